The van der Waals surface area contributed by atoms with E-state index in [1.54, 1.807) is 6.07 Å². The van der Waals surface area contributed by atoms with Gasteiger partial charge in [0, 0.05) is 11.8 Å². The number of nitrogens with two attached hydrogens (primary N) is 1. The second-order valence-electron chi connectivity index (χ2n) is 3.93. The third kappa shape index (κ3) is 2.36. The van der Waals surface area contributed by atoms with Gasteiger partial charge in [0.15, 0.2) is 11.9 Å². The Balaban J connectivity index is 2.45. The summed E-state index contributed by atoms with van der Waals surface area (Å²) >= 11 is 0. The molecule has 3 N–H and O–H groups in total. The molecule has 0 bridgehead atoms. The van der Waals surface area contributed by atoms with Gasteiger partial charge in [-0.25, -0.2) is 9.97 Å². The first-order valence-corrected chi connectivity index (χ1v) is 5.47. The van der Waals surface area contributed by atoms with Crippen LogP contribution in [-0.2, 0) is 4.79 Å². The molecule has 0 aliphatic heterocycles. The molecule has 0 amide bonds. The van der Waals surface area contributed by atoms with E-state index in [0.717, 1.165) is 11.1 Å². The van der Waals surface area contributed by atoms with Gasteiger partial charge >= 0.3 is 5.97 Å². The Hall–Kier alpha value is -2.27. The van der Waals surface area contributed by atoms with Crippen LogP contribution in [0, 0.1) is 6.92 Å². The van der Waals surface area contributed by atoms with Gasteiger partial charge in [-0.05, 0) is 18.6 Å². The number of aryl methyl sites for hydroxylation is 1. The zero-order valence-corrected chi connectivity index (χ0v) is 9.87. The van der Waals surface area contributed by atoms with Crippen LogP contribution in [0.4, 0.5) is 0 Å². The molecular weight excluding hydrogens is 230 g/mol. The maximum Gasteiger partial charge on any atom is 0.328 e. The van der Waals surface area contributed by atoms with Crippen molar-refractivity contribution in [1.82, 2.24) is 9.97 Å². The summed E-state index contributed by atoms with van der Waals surface area (Å²) in [5, 5.41) is 8.85. The van der Waals surface area contributed by atoms with Crippen LogP contribution in [0.15, 0.2) is 36.5 Å². The molecule has 2 rings (SSSR count). The summed E-state index contributed by atoms with van der Waals surface area (Å²) in [5.41, 5.74) is 8.18. The molecule has 1 atom stereocenters. The van der Waals surface area contributed by atoms with Crippen molar-refractivity contribution in [1.29, 1.82) is 0 Å². The number of carboxylic acid groups (broad SMARTS) is 1. The molecular formula is C13H13N3O2. The largest absolute Gasteiger partial charge is 0.480 e. The van der Waals surface area contributed by atoms with Crippen LogP contribution in [0.2, 0.25) is 0 Å². The fourth-order valence-electron chi connectivity index (χ4n) is 1.64. The van der Waals surface area contributed by atoms with Gasteiger partial charge in [0.2, 0.25) is 0 Å². The molecule has 1 aromatic carbocycles. The van der Waals surface area contributed by atoms with E-state index in [1.807, 2.05) is 31.2 Å². The van der Waals surface area contributed by atoms with Crippen molar-refractivity contribution in [3.05, 3.63) is 47.9 Å². The Morgan fingerprint density at radius 2 is 2.06 bits per heavy atom. The van der Waals surface area contributed by atoms with Crippen LogP contribution in [0.1, 0.15) is 17.4 Å². The normalized spacial score (nSPS) is 12.1. The summed E-state index contributed by atoms with van der Waals surface area (Å²) in [7, 11) is 0. The average molecular weight is 243 g/mol. The van der Waals surface area contributed by atoms with Crippen LogP contribution in [0.25, 0.3) is 11.3 Å². The Bertz CT molecular complexity index is 584. The third-order valence-corrected chi connectivity index (χ3v) is 2.64. The van der Waals surface area contributed by atoms with E-state index in [-0.39, 0.29) is 5.82 Å². The quantitative estimate of drug-likeness (QED) is 0.853. The summed E-state index contributed by atoms with van der Waals surface area (Å²) in [6, 6.07) is 8.27. The van der Waals surface area contributed by atoms with E-state index in [9.17, 15) is 4.79 Å². The van der Waals surface area contributed by atoms with Crippen molar-refractivity contribution < 1.29 is 9.90 Å². The number of nitrogens with zero attached hydrogens (tertiary/aromatic N) is 2. The molecule has 0 spiro atoms. The van der Waals surface area contributed by atoms with E-state index in [2.05, 4.69) is 9.97 Å². The molecule has 18 heavy (non-hydrogen) atoms. The van der Waals surface area contributed by atoms with E-state index >= 15 is 0 Å². The predicted octanol–water partition coefficient (Wildman–Crippen LogP) is 1.54. The lowest BCUT2D eigenvalue weighted by Crippen LogP contribution is -2.23. The van der Waals surface area contributed by atoms with Crippen molar-refractivity contribution in [3.63, 3.8) is 0 Å². The number of aromatic nitrogens is 2. The van der Waals surface area contributed by atoms with Crippen molar-refractivity contribution in [2.45, 2.75) is 13.0 Å². The van der Waals surface area contributed by atoms with Crippen molar-refractivity contribution in [2.75, 3.05) is 0 Å². The minimum absolute atomic E-state index is 0.114. The molecule has 5 heteroatoms. The standard InChI is InChI=1S/C13H13N3O2/c1-8-4-2-3-5-9(8)10-6-7-15-12(16-10)11(14)13(17)18/h2-7,11H,14H2,1H3,(H,17,18). The van der Waals surface area contributed by atoms with E-state index in [4.69, 9.17) is 10.8 Å². The van der Waals surface area contributed by atoms with E-state index in [0.29, 0.717) is 5.69 Å². The van der Waals surface area contributed by atoms with Crippen LogP contribution < -0.4 is 5.73 Å². The molecule has 92 valence electrons. The molecule has 0 aliphatic rings. The second-order valence-corrected chi connectivity index (χ2v) is 3.93. The Morgan fingerprint density at radius 3 is 2.72 bits per heavy atom. The molecule has 0 saturated carbocycles. The van der Waals surface area contributed by atoms with Crippen LogP contribution in [0.5, 0.6) is 0 Å². The summed E-state index contributed by atoms with van der Waals surface area (Å²) in [5.74, 6) is -1.03. The Morgan fingerprint density at radius 1 is 1.33 bits per heavy atom. The molecule has 0 aliphatic carbocycles. The fourth-order valence-corrected chi connectivity index (χ4v) is 1.64. The molecule has 2 aromatic rings. The highest BCUT2D eigenvalue weighted by Crippen LogP contribution is 2.21. The lowest BCUT2D eigenvalue weighted by atomic mass is 10.1. The summed E-state index contributed by atoms with van der Waals surface area (Å²) in [4.78, 5) is 18.9. The van der Waals surface area contributed by atoms with Gasteiger partial charge in [-0.2, -0.15) is 0 Å². The molecule has 1 aromatic heterocycles. The molecule has 1 unspecified atom stereocenters. The van der Waals surface area contributed by atoms with Gasteiger partial charge in [0.1, 0.15) is 0 Å². The van der Waals surface area contributed by atoms with Crippen molar-refractivity contribution in [2.24, 2.45) is 5.73 Å². The van der Waals surface area contributed by atoms with E-state index in [1.165, 1.54) is 6.20 Å². The third-order valence-electron chi connectivity index (χ3n) is 2.64. The van der Waals surface area contributed by atoms with Gasteiger partial charge in [0.25, 0.3) is 0 Å². The van der Waals surface area contributed by atoms with Gasteiger partial charge in [0.05, 0.1) is 5.69 Å². The smallest absolute Gasteiger partial charge is 0.328 e. The van der Waals surface area contributed by atoms with Crippen molar-refractivity contribution >= 4 is 5.97 Å². The fraction of sp³-hybridized carbons (Fsp3) is 0.154. The number of carbonyl (C=O) groups is 1. The average Bonchev–Trinajstić information content (AvgIpc) is 2.38. The van der Waals surface area contributed by atoms with Gasteiger partial charge in [-0.3, -0.25) is 4.79 Å². The summed E-state index contributed by atoms with van der Waals surface area (Å²) < 4.78 is 0. The van der Waals surface area contributed by atoms with Gasteiger partial charge in [-0.1, -0.05) is 24.3 Å². The second kappa shape index (κ2) is 4.93. The Labute approximate surface area is 104 Å². The Kier molecular flexibility index (Phi) is 3.34. The molecule has 1 heterocycles. The number of hydrogen-bond donors (Lipinski definition) is 2. The number of carboxylic acids is 1. The maximum absolute atomic E-state index is 10.8. The van der Waals surface area contributed by atoms with Crippen LogP contribution >= 0.6 is 0 Å². The number of aliphatic carboxylic acids is 1. The van der Waals surface area contributed by atoms with Crippen molar-refractivity contribution in [3.8, 4) is 11.3 Å². The summed E-state index contributed by atoms with van der Waals surface area (Å²) in [6.07, 6.45) is 1.52. The van der Waals surface area contributed by atoms with Gasteiger partial charge in [-0.15, -0.1) is 0 Å². The zero-order chi connectivity index (χ0) is 13.1. The topological polar surface area (TPSA) is 89.1 Å². The molecule has 5 nitrogen and oxygen atoms in total. The lowest BCUT2D eigenvalue weighted by Gasteiger charge is -2.08. The monoisotopic (exact) mass is 243 g/mol. The van der Waals surface area contributed by atoms with Gasteiger partial charge < -0.3 is 10.8 Å². The molecule has 0 saturated heterocycles. The minimum atomic E-state index is -1.20. The highest BCUT2D eigenvalue weighted by Gasteiger charge is 2.18. The molecule has 0 fully saturated rings. The van der Waals surface area contributed by atoms with Crippen LogP contribution in [0.3, 0.4) is 0 Å². The first-order valence-electron chi connectivity index (χ1n) is 5.47. The number of benzene rings is 1. The maximum atomic E-state index is 10.8. The SMILES string of the molecule is Cc1ccccc1-c1ccnc(C(N)C(=O)O)n1. The minimum Gasteiger partial charge on any atom is -0.480 e. The highest BCUT2D eigenvalue weighted by atomic mass is 16.4. The zero-order valence-electron chi connectivity index (χ0n) is 9.87. The summed E-state index contributed by atoms with van der Waals surface area (Å²) in [6.45, 7) is 1.97. The first kappa shape index (κ1) is 12.2. The first-order chi connectivity index (χ1) is 8.59. The highest BCUT2D eigenvalue weighted by molar-refractivity contribution is 5.74. The van der Waals surface area contributed by atoms with Crippen LogP contribution in [-0.4, -0.2) is 21.0 Å². The predicted molar refractivity (Wildman–Crippen MR) is 66.8 cm³/mol. The number of hydrogen-bond acceptors (Lipinski definition) is 4. The molecule has 0 radical (unpaired) electrons. The number of rotatable bonds is 3. The van der Waals surface area contributed by atoms with E-state index < -0.39 is 12.0 Å². The lowest BCUT2D eigenvalue weighted by molar-refractivity contribution is -0.138.